The van der Waals surface area contributed by atoms with E-state index < -0.39 is 24.3 Å². The van der Waals surface area contributed by atoms with Gasteiger partial charge in [-0.15, -0.1) is 0 Å². The van der Waals surface area contributed by atoms with Gasteiger partial charge in [0.15, 0.2) is 12.4 Å². The molecule has 32 heavy (non-hydrogen) atoms. The number of amides is 1. The molecule has 0 fully saturated rings. The Morgan fingerprint density at radius 1 is 0.812 bits per heavy atom. The number of rotatable bonds is 10. The van der Waals surface area contributed by atoms with E-state index in [9.17, 15) is 19.2 Å². The summed E-state index contributed by atoms with van der Waals surface area (Å²) >= 11 is 0. The van der Waals surface area contributed by atoms with Crippen molar-refractivity contribution in [2.24, 2.45) is 0 Å². The predicted octanol–water partition coefficient (Wildman–Crippen LogP) is 3.32. The second kappa shape index (κ2) is 11.3. The number of carbonyl (C=O) groups excluding carboxylic acids is 4. The van der Waals surface area contributed by atoms with Crippen molar-refractivity contribution in [2.75, 3.05) is 6.61 Å². The second-order valence-electron chi connectivity index (χ2n) is 6.72. The average Bonchev–Trinajstić information content (AvgIpc) is 3.34. The standard InChI is InChI=1S/C24H21NO7/c26-21(16-31-23(28)13-12-22(27)25-15-20-7-4-14-30-20)17-8-10-19(11-9-17)32-24(29)18-5-2-1-3-6-18/h1-11,14H,12-13,15-16H2,(H,25,27). The molecule has 2 aromatic carbocycles. The predicted molar refractivity (Wildman–Crippen MR) is 113 cm³/mol. The van der Waals surface area contributed by atoms with Crippen LogP contribution < -0.4 is 10.1 Å². The first kappa shape index (κ1) is 22.5. The second-order valence-corrected chi connectivity index (χ2v) is 6.72. The molecule has 0 aliphatic rings. The van der Waals surface area contributed by atoms with Gasteiger partial charge in [0.2, 0.25) is 5.91 Å². The molecular weight excluding hydrogens is 414 g/mol. The number of esters is 2. The molecule has 1 N–H and O–H groups in total. The van der Waals surface area contributed by atoms with Crippen molar-refractivity contribution in [1.82, 2.24) is 5.32 Å². The van der Waals surface area contributed by atoms with E-state index in [1.165, 1.54) is 30.5 Å². The summed E-state index contributed by atoms with van der Waals surface area (Å²) in [5, 5.41) is 2.62. The summed E-state index contributed by atoms with van der Waals surface area (Å²) in [5.74, 6) is -1.01. The van der Waals surface area contributed by atoms with Crippen molar-refractivity contribution >= 4 is 23.6 Å². The van der Waals surface area contributed by atoms with E-state index in [2.05, 4.69) is 5.32 Å². The van der Waals surface area contributed by atoms with Crippen LogP contribution in [0.15, 0.2) is 77.4 Å². The van der Waals surface area contributed by atoms with Gasteiger partial charge in [0, 0.05) is 12.0 Å². The molecule has 3 rings (SSSR count). The number of benzene rings is 2. The fourth-order valence-corrected chi connectivity index (χ4v) is 2.65. The van der Waals surface area contributed by atoms with Gasteiger partial charge in [-0.25, -0.2) is 4.79 Å². The number of Topliss-reactive ketones (excluding diaryl/α,β-unsaturated/α-hetero) is 1. The highest BCUT2D eigenvalue weighted by Crippen LogP contribution is 2.15. The monoisotopic (exact) mass is 435 g/mol. The molecule has 0 saturated heterocycles. The minimum absolute atomic E-state index is 0.0603. The number of hydrogen-bond acceptors (Lipinski definition) is 7. The Labute approximate surface area is 184 Å². The Kier molecular flexibility index (Phi) is 7.91. The fraction of sp³-hybridized carbons (Fsp3) is 0.167. The number of ketones is 1. The van der Waals surface area contributed by atoms with Crippen molar-refractivity contribution in [3.05, 3.63) is 89.9 Å². The topological polar surface area (TPSA) is 112 Å². The zero-order chi connectivity index (χ0) is 22.8. The van der Waals surface area contributed by atoms with Crippen LogP contribution in [0, 0.1) is 0 Å². The zero-order valence-electron chi connectivity index (χ0n) is 17.1. The highest BCUT2D eigenvalue weighted by atomic mass is 16.5. The molecule has 1 heterocycles. The summed E-state index contributed by atoms with van der Waals surface area (Å²) in [6, 6.07) is 17.9. The molecular formula is C24H21NO7. The summed E-state index contributed by atoms with van der Waals surface area (Å²) in [6.45, 7) is -0.216. The third kappa shape index (κ3) is 6.94. The van der Waals surface area contributed by atoms with Crippen LogP contribution in [0.5, 0.6) is 5.75 Å². The Balaban J connectivity index is 1.38. The van der Waals surface area contributed by atoms with E-state index in [4.69, 9.17) is 13.9 Å². The molecule has 0 aliphatic heterocycles. The molecule has 0 atom stereocenters. The van der Waals surface area contributed by atoms with Crippen molar-refractivity contribution < 1.29 is 33.1 Å². The van der Waals surface area contributed by atoms with Gasteiger partial charge in [0.05, 0.1) is 24.8 Å². The normalized spacial score (nSPS) is 10.2. The number of ether oxygens (including phenoxy) is 2. The molecule has 8 nitrogen and oxygen atoms in total. The van der Waals surface area contributed by atoms with Gasteiger partial charge in [-0.2, -0.15) is 0 Å². The number of hydrogen-bond donors (Lipinski definition) is 1. The van der Waals surface area contributed by atoms with Gasteiger partial charge in [-0.3, -0.25) is 14.4 Å². The first-order valence-electron chi connectivity index (χ1n) is 9.86. The maximum Gasteiger partial charge on any atom is 0.343 e. The van der Waals surface area contributed by atoms with Gasteiger partial charge in [0.25, 0.3) is 0 Å². The first-order valence-corrected chi connectivity index (χ1v) is 9.86. The van der Waals surface area contributed by atoms with Gasteiger partial charge in [-0.1, -0.05) is 18.2 Å². The maximum atomic E-state index is 12.2. The van der Waals surface area contributed by atoms with Gasteiger partial charge >= 0.3 is 11.9 Å². The smallest absolute Gasteiger partial charge is 0.343 e. The van der Waals surface area contributed by atoms with E-state index in [-0.39, 0.29) is 31.0 Å². The minimum Gasteiger partial charge on any atom is -0.467 e. The van der Waals surface area contributed by atoms with Crippen LogP contribution >= 0.6 is 0 Å². The number of furan rings is 1. The van der Waals surface area contributed by atoms with Crippen LogP contribution in [0.2, 0.25) is 0 Å². The fourth-order valence-electron chi connectivity index (χ4n) is 2.65. The van der Waals surface area contributed by atoms with Crippen molar-refractivity contribution in [2.45, 2.75) is 19.4 Å². The lowest BCUT2D eigenvalue weighted by Gasteiger charge is -2.07. The Hall–Kier alpha value is -4.20. The summed E-state index contributed by atoms with van der Waals surface area (Å²) in [6.07, 6.45) is 1.29. The number of carbonyl (C=O) groups is 4. The van der Waals surface area contributed by atoms with Crippen molar-refractivity contribution in [3.8, 4) is 5.75 Å². The van der Waals surface area contributed by atoms with E-state index in [0.29, 0.717) is 16.9 Å². The van der Waals surface area contributed by atoms with Crippen LogP contribution in [0.3, 0.4) is 0 Å². The number of nitrogens with one attached hydrogen (secondary N) is 1. The summed E-state index contributed by atoms with van der Waals surface area (Å²) in [7, 11) is 0. The van der Waals surface area contributed by atoms with Gasteiger partial charge in [-0.05, 0) is 48.5 Å². The molecule has 0 spiro atoms. The molecule has 0 unspecified atom stereocenters. The Bertz CT molecular complexity index is 1060. The molecule has 1 aromatic heterocycles. The van der Waals surface area contributed by atoms with E-state index >= 15 is 0 Å². The molecule has 0 bridgehead atoms. The molecule has 0 radical (unpaired) electrons. The quantitative estimate of drug-likeness (QED) is 0.295. The molecule has 3 aromatic rings. The van der Waals surface area contributed by atoms with E-state index in [1.54, 1.807) is 42.5 Å². The molecule has 164 valence electrons. The van der Waals surface area contributed by atoms with Crippen LogP contribution in [-0.2, 0) is 20.9 Å². The Morgan fingerprint density at radius 3 is 2.25 bits per heavy atom. The van der Waals surface area contributed by atoms with Gasteiger partial charge in [0.1, 0.15) is 11.5 Å². The third-order valence-electron chi connectivity index (χ3n) is 4.36. The maximum absolute atomic E-state index is 12.2. The Morgan fingerprint density at radius 2 is 1.56 bits per heavy atom. The first-order chi connectivity index (χ1) is 15.5. The lowest BCUT2D eigenvalue weighted by Crippen LogP contribution is -2.23. The third-order valence-corrected chi connectivity index (χ3v) is 4.36. The van der Waals surface area contributed by atoms with Crippen LogP contribution in [0.4, 0.5) is 0 Å². The largest absolute Gasteiger partial charge is 0.467 e. The lowest BCUT2D eigenvalue weighted by atomic mass is 10.1. The highest BCUT2D eigenvalue weighted by molar-refractivity contribution is 5.98. The molecule has 0 aliphatic carbocycles. The van der Waals surface area contributed by atoms with Crippen LogP contribution in [0.1, 0.15) is 39.3 Å². The lowest BCUT2D eigenvalue weighted by molar-refractivity contribution is -0.143. The molecule has 8 heteroatoms. The van der Waals surface area contributed by atoms with E-state index in [0.717, 1.165) is 0 Å². The van der Waals surface area contributed by atoms with Crippen LogP contribution in [0.25, 0.3) is 0 Å². The molecule has 1 amide bonds. The van der Waals surface area contributed by atoms with Crippen molar-refractivity contribution in [1.29, 1.82) is 0 Å². The van der Waals surface area contributed by atoms with E-state index in [1.807, 2.05) is 0 Å². The van der Waals surface area contributed by atoms with Crippen LogP contribution in [-0.4, -0.2) is 30.2 Å². The zero-order valence-corrected chi connectivity index (χ0v) is 17.1. The summed E-state index contributed by atoms with van der Waals surface area (Å²) in [4.78, 5) is 47.8. The molecule has 0 saturated carbocycles. The average molecular weight is 435 g/mol. The van der Waals surface area contributed by atoms with Crippen molar-refractivity contribution in [3.63, 3.8) is 0 Å². The minimum atomic E-state index is -0.653. The summed E-state index contributed by atoms with van der Waals surface area (Å²) in [5.41, 5.74) is 0.711. The van der Waals surface area contributed by atoms with Gasteiger partial charge < -0.3 is 19.2 Å². The summed E-state index contributed by atoms with van der Waals surface area (Å²) < 4.78 is 15.3. The highest BCUT2D eigenvalue weighted by Gasteiger charge is 2.13. The SMILES string of the molecule is O=C(CCC(=O)OCC(=O)c1ccc(OC(=O)c2ccccc2)cc1)NCc1ccco1.